The zero-order chi connectivity index (χ0) is 16.4. The van der Waals surface area contributed by atoms with Crippen molar-refractivity contribution in [3.8, 4) is 11.4 Å². The highest BCUT2D eigenvalue weighted by molar-refractivity contribution is 5.96. The fourth-order valence-electron chi connectivity index (χ4n) is 3.00. The van der Waals surface area contributed by atoms with Crippen molar-refractivity contribution in [3.05, 3.63) is 36.2 Å². The number of H-pyrrole nitrogens is 1. The number of ether oxygens (including phenoxy) is 1. The van der Waals surface area contributed by atoms with Crippen LogP contribution in [0.4, 0.5) is 0 Å². The fourth-order valence-corrected chi connectivity index (χ4v) is 3.00. The Balaban J connectivity index is 1.81. The summed E-state index contributed by atoms with van der Waals surface area (Å²) in [5.41, 5.74) is 1.36. The predicted molar refractivity (Wildman–Crippen MR) is 82.4 cm³/mol. The van der Waals surface area contributed by atoms with Gasteiger partial charge in [-0.05, 0) is 25.5 Å². The lowest BCUT2D eigenvalue weighted by Gasteiger charge is -2.24. The van der Waals surface area contributed by atoms with Crippen LogP contribution in [0.1, 0.15) is 23.7 Å². The highest BCUT2D eigenvalue weighted by Crippen LogP contribution is 2.27. The molecule has 2 unspecified atom stereocenters. The second kappa shape index (κ2) is 6.20. The molecule has 120 valence electrons. The van der Waals surface area contributed by atoms with E-state index in [-0.39, 0.29) is 23.8 Å². The maximum atomic E-state index is 12.8. The van der Waals surface area contributed by atoms with Crippen LogP contribution in [-0.4, -0.2) is 51.7 Å². The molecule has 0 bridgehead atoms. The van der Waals surface area contributed by atoms with Crippen molar-refractivity contribution >= 4 is 11.9 Å². The van der Waals surface area contributed by atoms with Crippen molar-refractivity contribution in [3.63, 3.8) is 0 Å². The third-order valence-electron chi connectivity index (χ3n) is 4.32. The fraction of sp³-hybridized carbons (Fsp3) is 0.375. The number of aromatic amines is 1. The van der Waals surface area contributed by atoms with Gasteiger partial charge in [-0.25, -0.2) is 4.98 Å². The average molecular weight is 314 g/mol. The minimum absolute atomic E-state index is 0.0923. The number of methoxy groups -OCH3 is 1. The third-order valence-corrected chi connectivity index (χ3v) is 4.32. The quantitative estimate of drug-likeness (QED) is 0.867. The summed E-state index contributed by atoms with van der Waals surface area (Å²) < 4.78 is 4.81. The van der Waals surface area contributed by atoms with Gasteiger partial charge in [0.2, 0.25) is 0 Å². The van der Waals surface area contributed by atoms with Crippen molar-refractivity contribution in [1.82, 2.24) is 20.1 Å². The zero-order valence-corrected chi connectivity index (χ0v) is 13.0. The summed E-state index contributed by atoms with van der Waals surface area (Å²) in [5.74, 6) is -0.00329. The number of rotatable bonds is 3. The lowest BCUT2D eigenvalue weighted by molar-refractivity contribution is -0.145. The Morgan fingerprint density at radius 3 is 2.91 bits per heavy atom. The summed E-state index contributed by atoms with van der Waals surface area (Å²) in [6, 6.07) is 7.04. The van der Waals surface area contributed by atoms with Crippen LogP contribution in [0.5, 0.6) is 0 Å². The molecule has 1 aliphatic heterocycles. The number of esters is 1. The molecule has 1 aromatic carbocycles. The Hall–Kier alpha value is -2.70. The van der Waals surface area contributed by atoms with Crippen LogP contribution in [0.15, 0.2) is 30.6 Å². The van der Waals surface area contributed by atoms with Gasteiger partial charge in [0.15, 0.2) is 5.82 Å². The molecule has 7 heteroatoms. The second-order valence-corrected chi connectivity index (χ2v) is 5.57. The van der Waals surface area contributed by atoms with Gasteiger partial charge in [0.1, 0.15) is 6.33 Å². The van der Waals surface area contributed by atoms with Gasteiger partial charge in [-0.2, -0.15) is 5.10 Å². The number of nitrogens with zero attached hydrogens (tertiary/aromatic N) is 3. The Kier molecular flexibility index (Phi) is 4.10. The molecule has 1 saturated heterocycles. The highest BCUT2D eigenvalue weighted by atomic mass is 16.5. The standard InChI is InChI=1S/C16H18N4O3/c1-10-13(16(22)23-2)6-7-20(10)15(21)12-5-3-4-11(8-12)14-17-9-18-19-14/h3-5,8-10,13H,6-7H2,1-2H3,(H,17,18,19). The first-order chi connectivity index (χ1) is 11.1. The molecule has 7 nitrogen and oxygen atoms in total. The number of amides is 1. The normalized spacial score (nSPS) is 20.5. The molecule has 23 heavy (non-hydrogen) atoms. The smallest absolute Gasteiger partial charge is 0.310 e. The number of carbonyl (C=O) groups excluding carboxylic acids is 2. The minimum Gasteiger partial charge on any atom is -0.469 e. The molecule has 0 aliphatic carbocycles. The maximum absolute atomic E-state index is 12.8. The van der Waals surface area contributed by atoms with Gasteiger partial charge >= 0.3 is 5.97 Å². The van der Waals surface area contributed by atoms with E-state index in [1.807, 2.05) is 19.1 Å². The van der Waals surface area contributed by atoms with Crippen LogP contribution in [-0.2, 0) is 9.53 Å². The summed E-state index contributed by atoms with van der Waals surface area (Å²) in [4.78, 5) is 30.3. The lowest BCUT2D eigenvalue weighted by atomic mass is 10.0. The highest BCUT2D eigenvalue weighted by Gasteiger charge is 2.39. The van der Waals surface area contributed by atoms with Crippen molar-refractivity contribution in [1.29, 1.82) is 0 Å². The molecule has 1 N–H and O–H groups in total. The predicted octanol–water partition coefficient (Wildman–Crippen LogP) is 1.50. The van der Waals surface area contributed by atoms with Gasteiger partial charge in [0.05, 0.1) is 13.0 Å². The third kappa shape index (κ3) is 2.81. The van der Waals surface area contributed by atoms with Gasteiger partial charge in [0, 0.05) is 23.7 Å². The molecule has 2 atom stereocenters. The molecule has 0 radical (unpaired) electrons. The first-order valence-electron chi connectivity index (χ1n) is 7.46. The first kappa shape index (κ1) is 15.2. The average Bonchev–Trinajstić information content (AvgIpc) is 3.23. The Bertz CT molecular complexity index is 714. The largest absolute Gasteiger partial charge is 0.469 e. The Morgan fingerprint density at radius 1 is 1.39 bits per heavy atom. The van der Waals surface area contributed by atoms with E-state index in [2.05, 4.69) is 15.2 Å². The van der Waals surface area contributed by atoms with E-state index in [0.29, 0.717) is 24.4 Å². The molecular weight excluding hydrogens is 296 g/mol. The van der Waals surface area contributed by atoms with Crippen LogP contribution in [0.25, 0.3) is 11.4 Å². The van der Waals surface area contributed by atoms with Gasteiger partial charge in [-0.3, -0.25) is 14.7 Å². The van der Waals surface area contributed by atoms with E-state index in [9.17, 15) is 9.59 Å². The Morgan fingerprint density at radius 2 is 2.22 bits per heavy atom. The topological polar surface area (TPSA) is 88.2 Å². The van der Waals surface area contributed by atoms with Crippen LogP contribution >= 0.6 is 0 Å². The van der Waals surface area contributed by atoms with E-state index in [1.54, 1.807) is 17.0 Å². The van der Waals surface area contributed by atoms with Crippen molar-refractivity contribution in [2.24, 2.45) is 5.92 Å². The number of benzene rings is 1. The first-order valence-corrected chi connectivity index (χ1v) is 7.46. The molecule has 0 saturated carbocycles. The summed E-state index contributed by atoms with van der Waals surface area (Å²) in [5, 5.41) is 6.60. The summed E-state index contributed by atoms with van der Waals surface area (Å²) in [7, 11) is 1.38. The van der Waals surface area contributed by atoms with Crippen molar-refractivity contribution < 1.29 is 14.3 Å². The number of aromatic nitrogens is 3. The zero-order valence-electron chi connectivity index (χ0n) is 13.0. The summed E-state index contributed by atoms with van der Waals surface area (Å²) >= 11 is 0. The summed E-state index contributed by atoms with van der Waals surface area (Å²) in [6.45, 7) is 2.43. The molecule has 0 spiro atoms. The number of likely N-dealkylation sites (tertiary alicyclic amines) is 1. The maximum Gasteiger partial charge on any atom is 0.310 e. The van der Waals surface area contributed by atoms with Crippen LogP contribution in [0.2, 0.25) is 0 Å². The molecule has 3 rings (SSSR count). The van der Waals surface area contributed by atoms with Crippen molar-refractivity contribution in [2.45, 2.75) is 19.4 Å². The molecule has 2 aromatic rings. The van der Waals surface area contributed by atoms with Gasteiger partial charge < -0.3 is 9.64 Å². The Labute approximate surface area is 133 Å². The SMILES string of the molecule is COC(=O)C1CCN(C(=O)c2cccc(-c3ncn[nH]3)c2)C1C. The van der Waals surface area contributed by atoms with E-state index in [0.717, 1.165) is 5.56 Å². The summed E-state index contributed by atoms with van der Waals surface area (Å²) in [6.07, 6.45) is 2.05. The van der Waals surface area contributed by atoms with Gasteiger partial charge in [0.25, 0.3) is 5.91 Å². The van der Waals surface area contributed by atoms with Gasteiger partial charge in [-0.15, -0.1) is 0 Å². The van der Waals surface area contributed by atoms with Crippen molar-refractivity contribution in [2.75, 3.05) is 13.7 Å². The van der Waals surface area contributed by atoms with E-state index in [1.165, 1.54) is 13.4 Å². The molecule has 1 amide bonds. The van der Waals surface area contributed by atoms with Crippen LogP contribution in [0, 0.1) is 5.92 Å². The minimum atomic E-state index is -0.263. The van der Waals surface area contributed by atoms with E-state index < -0.39 is 0 Å². The monoisotopic (exact) mass is 314 g/mol. The molecule has 2 heterocycles. The number of hydrogen-bond donors (Lipinski definition) is 1. The van der Waals surface area contributed by atoms with E-state index >= 15 is 0 Å². The molecule has 1 aliphatic rings. The number of hydrogen-bond acceptors (Lipinski definition) is 5. The molecule has 1 fully saturated rings. The number of carbonyl (C=O) groups is 2. The van der Waals surface area contributed by atoms with Gasteiger partial charge in [-0.1, -0.05) is 12.1 Å². The second-order valence-electron chi connectivity index (χ2n) is 5.57. The van der Waals surface area contributed by atoms with E-state index in [4.69, 9.17) is 4.74 Å². The lowest BCUT2D eigenvalue weighted by Crippen LogP contribution is -2.38. The molecule has 1 aromatic heterocycles. The molecular formula is C16H18N4O3. The van der Waals surface area contributed by atoms with Crippen LogP contribution < -0.4 is 0 Å². The van der Waals surface area contributed by atoms with Crippen LogP contribution in [0.3, 0.4) is 0 Å². The number of nitrogens with one attached hydrogen (secondary N) is 1.